The third-order valence-corrected chi connectivity index (χ3v) is 6.86. The number of aromatic nitrogens is 3. The number of pyridine rings is 3. The summed E-state index contributed by atoms with van der Waals surface area (Å²) in [4.78, 5) is 35.5. The Labute approximate surface area is 246 Å². The van der Waals surface area contributed by atoms with Crippen molar-refractivity contribution >= 4 is 16.8 Å². The van der Waals surface area contributed by atoms with Gasteiger partial charge in [0.05, 0.1) is 25.3 Å². The minimum atomic E-state index is -0.706. The van der Waals surface area contributed by atoms with Crippen molar-refractivity contribution in [2.75, 3.05) is 14.2 Å². The van der Waals surface area contributed by atoms with Crippen LogP contribution in [0.5, 0.6) is 23.1 Å². The predicted octanol–water partition coefficient (Wildman–Crippen LogP) is 6.73. The highest BCUT2D eigenvalue weighted by Gasteiger charge is 2.22. The molecule has 0 aliphatic rings. The number of carbonyl (C=O) groups is 1. The molecule has 8 nitrogen and oxygen atoms in total. The van der Waals surface area contributed by atoms with Crippen LogP contribution in [0.25, 0.3) is 22.2 Å². The van der Waals surface area contributed by atoms with Crippen molar-refractivity contribution in [1.29, 1.82) is 0 Å². The maximum atomic E-state index is 15.3. The Morgan fingerprint density at radius 1 is 0.907 bits per heavy atom. The minimum Gasteiger partial charge on any atom is -0.491 e. The minimum absolute atomic E-state index is 0.0452. The third kappa shape index (κ3) is 6.08. The molecule has 0 spiro atoms. The van der Waals surface area contributed by atoms with Gasteiger partial charge in [-0.2, -0.15) is 0 Å². The first-order valence-electron chi connectivity index (χ1n) is 13.4. The molecule has 0 atom stereocenters. The van der Waals surface area contributed by atoms with Gasteiger partial charge in [0.25, 0.3) is 5.88 Å². The fourth-order valence-corrected chi connectivity index (χ4v) is 4.52. The maximum Gasteiger partial charge on any atom is 0.257 e. The van der Waals surface area contributed by atoms with Crippen molar-refractivity contribution in [3.63, 3.8) is 0 Å². The van der Waals surface area contributed by atoms with E-state index in [9.17, 15) is 14.0 Å². The molecule has 220 valence electrons. The van der Waals surface area contributed by atoms with Crippen molar-refractivity contribution in [3.05, 3.63) is 106 Å². The summed E-state index contributed by atoms with van der Waals surface area (Å²) in [6, 6.07) is 12.9. The van der Waals surface area contributed by atoms with E-state index in [4.69, 9.17) is 14.2 Å². The van der Waals surface area contributed by atoms with Crippen LogP contribution in [0, 0.1) is 11.6 Å². The van der Waals surface area contributed by atoms with E-state index in [0.29, 0.717) is 27.9 Å². The molecule has 0 bridgehead atoms. The van der Waals surface area contributed by atoms with E-state index in [2.05, 4.69) is 9.97 Å². The summed E-state index contributed by atoms with van der Waals surface area (Å²) in [7, 11) is 2.93. The van der Waals surface area contributed by atoms with Gasteiger partial charge < -0.3 is 18.8 Å². The summed E-state index contributed by atoms with van der Waals surface area (Å²) in [6.07, 6.45) is 4.44. The first-order valence-corrected chi connectivity index (χ1v) is 13.4. The smallest absolute Gasteiger partial charge is 0.257 e. The van der Waals surface area contributed by atoms with Gasteiger partial charge in [-0.05, 0) is 56.2 Å². The lowest BCUT2D eigenvalue weighted by Crippen LogP contribution is -2.28. The zero-order valence-electron chi connectivity index (χ0n) is 24.3. The monoisotopic (exact) mass is 585 g/mol. The first-order chi connectivity index (χ1) is 20.5. The van der Waals surface area contributed by atoms with E-state index in [1.807, 2.05) is 20.8 Å². The molecule has 3 heterocycles. The van der Waals surface area contributed by atoms with E-state index >= 15 is 4.39 Å². The molecule has 0 fully saturated rings. The fourth-order valence-electron chi connectivity index (χ4n) is 4.52. The quantitative estimate of drug-likeness (QED) is 0.187. The van der Waals surface area contributed by atoms with Crippen LogP contribution in [0.4, 0.5) is 8.78 Å². The van der Waals surface area contributed by atoms with Crippen molar-refractivity contribution < 1.29 is 27.8 Å². The van der Waals surface area contributed by atoms with Crippen LogP contribution in [0.1, 0.15) is 36.7 Å². The number of benzene rings is 2. The van der Waals surface area contributed by atoms with Crippen LogP contribution in [0.15, 0.2) is 78.0 Å². The molecule has 0 aliphatic heterocycles. The predicted molar refractivity (Wildman–Crippen MR) is 158 cm³/mol. The van der Waals surface area contributed by atoms with Gasteiger partial charge >= 0.3 is 0 Å². The van der Waals surface area contributed by atoms with Gasteiger partial charge in [-0.1, -0.05) is 18.2 Å². The van der Waals surface area contributed by atoms with Gasteiger partial charge in [-0.15, -0.1) is 0 Å². The normalized spacial score (nSPS) is 11.4. The molecule has 0 saturated carbocycles. The van der Waals surface area contributed by atoms with Gasteiger partial charge in [0.1, 0.15) is 11.3 Å². The molecular weight excluding hydrogens is 556 g/mol. The number of Topliss-reactive ketones (excluding diaryl/α,β-unsaturated/α-hetero) is 1. The van der Waals surface area contributed by atoms with Crippen molar-refractivity contribution in [2.45, 2.75) is 32.7 Å². The summed E-state index contributed by atoms with van der Waals surface area (Å²) < 4.78 is 47.0. The molecule has 0 N–H and O–H groups in total. The highest BCUT2D eigenvalue weighted by molar-refractivity contribution is 5.98. The van der Waals surface area contributed by atoms with Crippen LogP contribution in [0.2, 0.25) is 0 Å². The number of fused-ring (bicyclic) bond motifs is 1. The molecular formula is C33H29F2N3O5. The average Bonchev–Trinajstić information content (AvgIpc) is 2.98. The van der Waals surface area contributed by atoms with Gasteiger partial charge in [-0.3, -0.25) is 14.6 Å². The molecule has 0 amide bonds. The number of methoxy groups -OCH3 is 2. The van der Waals surface area contributed by atoms with Gasteiger partial charge in [0.15, 0.2) is 34.3 Å². The van der Waals surface area contributed by atoms with Crippen LogP contribution in [0.3, 0.4) is 0 Å². The van der Waals surface area contributed by atoms with Crippen molar-refractivity contribution in [1.82, 2.24) is 14.5 Å². The number of hydrogen-bond acceptors (Lipinski definition) is 7. The Bertz CT molecular complexity index is 1900. The van der Waals surface area contributed by atoms with E-state index in [1.165, 1.54) is 63.0 Å². The average molecular weight is 586 g/mol. The second kappa shape index (κ2) is 11.6. The summed E-state index contributed by atoms with van der Waals surface area (Å²) in [5.41, 5.74) is 0.926. The molecule has 0 radical (unpaired) electrons. The molecule has 5 aromatic rings. The Hall–Kier alpha value is -5.12. The Morgan fingerprint density at radius 3 is 2.30 bits per heavy atom. The van der Waals surface area contributed by atoms with E-state index in [-0.39, 0.29) is 34.9 Å². The lowest BCUT2D eigenvalue weighted by Gasteiger charge is -2.25. The SMILES string of the molecule is COc1cc2nccc(Oc3ccc(CC(=O)c4cn(C(C)(C)C)cc(-c5ccc(F)cc5)c4=O)cc3F)c2nc1OC. The molecule has 43 heavy (non-hydrogen) atoms. The summed E-state index contributed by atoms with van der Waals surface area (Å²) in [5.74, 6) is -0.862. The molecule has 10 heteroatoms. The topological polar surface area (TPSA) is 92.5 Å². The number of ether oxygens (including phenoxy) is 3. The van der Waals surface area contributed by atoms with E-state index < -0.39 is 28.4 Å². The highest BCUT2D eigenvalue weighted by Crippen LogP contribution is 2.35. The standard InChI is InChI=1S/C33H29F2N3O5/c1-33(2,3)38-17-22(20-7-9-21(34)10-8-20)31(40)23(18-38)26(39)15-19-6-11-27(24(35)14-19)43-28-12-13-36-25-16-29(41-4)32(42-5)37-30(25)28/h6-14,16-18H,15H2,1-5H3. The summed E-state index contributed by atoms with van der Waals surface area (Å²) >= 11 is 0. The third-order valence-electron chi connectivity index (χ3n) is 6.86. The summed E-state index contributed by atoms with van der Waals surface area (Å²) in [6.45, 7) is 5.80. The second-order valence-corrected chi connectivity index (χ2v) is 10.8. The molecule has 3 aromatic heterocycles. The number of carbonyl (C=O) groups excluding carboxylic acids is 1. The number of ketones is 1. The fraction of sp³-hybridized carbons (Fsp3) is 0.212. The Balaban J connectivity index is 1.44. The lowest BCUT2D eigenvalue weighted by atomic mass is 9.98. The Morgan fingerprint density at radius 2 is 1.65 bits per heavy atom. The highest BCUT2D eigenvalue weighted by atomic mass is 19.1. The van der Waals surface area contributed by atoms with Gasteiger partial charge in [-0.25, -0.2) is 13.8 Å². The van der Waals surface area contributed by atoms with Crippen molar-refractivity contribution in [3.8, 4) is 34.3 Å². The van der Waals surface area contributed by atoms with Crippen molar-refractivity contribution in [2.24, 2.45) is 0 Å². The number of rotatable bonds is 8. The van der Waals surface area contributed by atoms with Crippen LogP contribution in [-0.2, 0) is 12.0 Å². The number of halogens is 2. The lowest BCUT2D eigenvalue weighted by molar-refractivity contribution is 0.0990. The molecule has 5 rings (SSSR count). The van der Waals surface area contributed by atoms with E-state index in [1.54, 1.807) is 29.0 Å². The summed E-state index contributed by atoms with van der Waals surface area (Å²) in [5, 5.41) is 0. The molecule has 0 aliphatic carbocycles. The molecule has 2 aromatic carbocycles. The maximum absolute atomic E-state index is 15.3. The first kappa shape index (κ1) is 29.4. The number of nitrogens with zero attached hydrogens (tertiary/aromatic N) is 3. The zero-order valence-corrected chi connectivity index (χ0v) is 24.3. The van der Waals surface area contributed by atoms with Crippen LogP contribution in [-0.4, -0.2) is 34.5 Å². The number of hydrogen-bond donors (Lipinski definition) is 0. The molecule has 0 unspecified atom stereocenters. The second-order valence-electron chi connectivity index (χ2n) is 10.8. The van der Waals surface area contributed by atoms with E-state index in [0.717, 1.165) is 0 Å². The molecule has 0 saturated heterocycles. The van der Waals surface area contributed by atoms with Gasteiger partial charge in [0.2, 0.25) is 0 Å². The zero-order chi connectivity index (χ0) is 30.9. The van der Waals surface area contributed by atoms with Crippen LogP contribution < -0.4 is 19.6 Å². The largest absolute Gasteiger partial charge is 0.491 e. The van der Waals surface area contributed by atoms with Gasteiger partial charge in [0, 0.05) is 48.2 Å². The van der Waals surface area contributed by atoms with Crippen LogP contribution >= 0.6 is 0 Å². The Kier molecular flexibility index (Phi) is 7.95.